The van der Waals surface area contributed by atoms with Gasteiger partial charge in [0.1, 0.15) is 6.04 Å². The van der Waals surface area contributed by atoms with Gasteiger partial charge in [-0.15, -0.1) is 0 Å². The summed E-state index contributed by atoms with van der Waals surface area (Å²) in [6.07, 6.45) is 0.797. The number of rotatable bonds is 5. The topological polar surface area (TPSA) is 130 Å². The summed E-state index contributed by atoms with van der Waals surface area (Å²) in [6, 6.07) is 5.56. The highest BCUT2D eigenvalue weighted by Crippen LogP contribution is 2.51. The lowest BCUT2D eigenvalue weighted by molar-refractivity contribution is -0.141. The number of carbonyl (C=O) groups is 3. The number of benzene rings is 1. The van der Waals surface area contributed by atoms with Crippen LogP contribution in [-0.2, 0) is 20.8 Å². The Kier molecular flexibility index (Phi) is 3.91. The minimum absolute atomic E-state index is 0.286. The highest BCUT2D eigenvalue weighted by molar-refractivity contribution is 5.97. The number of nitrogens with two attached hydrogens (primary N) is 1. The Hall–Kier alpha value is -2.25. The van der Waals surface area contributed by atoms with E-state index in [2.05, 4.69) is 5.32 Å². The summed E-state index contributed by atoms with van der Waals surface area (Å²) < 4.78 is 0. The molecule has 23 heavy (non-hydrogen) atoms. The summed E-state index contributed by atoms with van der Waals surface area (Å²) in [5.74, 6) is -5.48. The Morgan fingerprint density at radius 1 is 1.17 bits per heavy atom. The molecule has 1 aliphatic carbocycles. The Balaban J connectivity index is 1.86. The minimum atomic E-state index is -1.34. The Morgan fingerprint density at radius 2 is 1.87 bits per heavy atom. The highest BCUT2D eigenvalue weighted by Gasteiger charge is 2.63. The molecule has 1 aliphatic heterocycles. The second-order valence-electron chi connectivity index (χ2n) is 6.07. The van der Waals surface area contributed by atoms with Crippen LogP contribution in [0.25, 0.3) is 0 Å². The maximum Gasteiger partial charge on any atom is 0.320 e. The molecule has 5 unspecified atom stereocenters. The third-order valence-corrected chi connectivity index (χ3v) is 4.78. The summed E-state index contributed by atoms with van der Waals surface area (Å²) in [5, 5.41) is 21.4. The van der Waals surface area contributed by atoms with E-state index in [0.717, 1.165) is 17.5 Å². The molecule has 2 aliphatic rings. The van der Waals surface area contributed by atoms with Crippen LogP contribution < -0.4 is 11.1 Å². The van der Waals surface area contributed by atoms with Crippen LogP contribution in [0.2, 0.25) is 0 Å². The van der Waals surface area contributed by atoms with Crippen molar-refractivity contribution in [2.75, 3.05) is 6.54 Å². The van der Waals surface area contributed by atoms with Gasteiger partial charge in [0, 0.05) is 18.4 Å². The van der Waals surface area contributed by atoms with E-state index in [9.17, 15) is 19.5 Å². The van der Waals surface area contributed by atoms with Gasteiger partial charge in [0.05, 0.1) is 12.0 Å². The first kappa shape index (κ1) is 15.6. The van der Waals surface area contributed by atoms with Crippen LogP contribution in [0, 0.1) is 17.8 Å². The van der Waals surface area contributed by atoms with Crippen LogP contribution >= 0.6 is 0 Å². The van der Waals surface area contributed by atoms with Crippen LogP contribution in [-0.4, -0.2) is 40.5 Å². The van der Waals surface area contributed by atoms with Crippen molar-refractivity contribution in [1.82, 2.24) is 5.32 Å². The van der Waals surface area contributed by atoms with Gasteiger partial charge in [-0.3, -0.25) is 14.4 Å². The van der Waals surface area contributed by atoms with Crippen molar-refractivity contribution in [1.29, 1.82) is 0 Å². The van der Waals surface area contributed by atoms with Gasteiger partial charge >= 0.3 is 11.9 Å². The first-order chi connectivity index (χ1) is 10.9. The fraction of sp³-hybridized carbons (Fsp3) is 0.438. The Bertz CT molecular complexity index is 674. The molecular formula is C16H18N2O5. The monoisotopic (exact) mass is 318 g/mol. The number of hydrogen-bond acceptors (Lipinski definition) is 5. The quantitative estimate of drug-likeness (QED) is 0.591. The van der Waals surface area contributed by atoms with Crippen molar-refractivity contribution in [2.45, 2.75) is 18.5 Å². The standard InChI is InChI=1S/C16H18N2O5/c17-12(16(22)23)9-10(11(9)15(20)21)14(19)13-8-4-2-1-3-7(8)5-6-18-13/h1-4,9-13,18H,5-6,17H2,(H,20,21)(H,22,23). The molecule has 0 amide bonds. The predicted octanol–water partition coefficient (Wildman–Crippen LogP) is -0.199. The van der Waals surface area contributed by atoms with Crippen molar-refractivity contribution in [3.05, 3.63) is 35.4 Å². The van der Waals surface area contributed by atoms with E-state index in [0.29, 0.717) is 6.54 Å². The number of carboxylic acid groups (broad SMARTS) is 2. The third-order valence-electron chi connectivity index (χ3n) is 4.78. The molecule has 0 spiro atoms. The van der Waals surface area contributed by atoms with Crippen molar-refractivity contribution < 1.29 is 24.6 Å². The summed E-state index contributed by atoms with van der Waals surface area (Å²) >= 11 is 0. The highest BCUT2D eigenvalue weighted by atomic mass is 16.4. The van der Waals surface area contributed by atoms with Gasteiger partial charge in [-0.1, -0.05) is 24.3 Å². The fourth-order valence-electron chi connectivity index (χ4n) is 3.58. The summed E-state index contributed by atoms with van der Waals surface area (Å²) in [4.78, 5) is 35.2. The molecule has 1 aromatic carbocycles. The molecule has 0 aromatic heterocycles. The molecule has 7 heteroatoms. The smallest absolute Gasteiger partial charge is 0.320 e. The lowest BCUT2D eigenvalue weighted by Gasteiger charge is -2.26. The van der Waals surface area contributed by atoms with Gasteiger partial charge in [0.15, 0.2) is 5.78 Å². The minimum Gasteiger partial charge on any atom is -0.481 e. The van der Waals surface area contributed by atoms with E-state index in [1.165, 1.54) is 0 Å². The zero-order valence-corrected chi connectivity index (χ0v) is 12.3. The summed E-state index contributed by atoms with van der Waals surface area (Å²) in [6.45, 7) is 0.619. The molecule has 0 bridgehead atoms. The van der Waals surface area contributed by atoms with Gasteiger partial charge in [0.2, 0.25) is 0 Å². The third kappa shape index (κ3) is 2.62. The Labute approximate surface area is 132 Å². The van der Waals surface area contributed by atoms with Crippen molar-refractivity contribution in [3.63, 3.8) is 0 Å². The molecule has 3 rings (SSSR count). The summed E-state index contributed by atoms with van der Waals surface area (Å²) in [5.41, 5.74) is 7.45. The van der Waals surface area contributed by atoms with Gasteiger partial charge in [-0.25, -0.2) is 0 Å². The van der Waals surface area contributed by atoms with Crippen LogP contribution in [0.1, 0.15) is 17.2 Å². The number of aliphatic carboxylic acids is 2. The lowest BCUT2D eigenvalue weighted by Crippen LogP contribution is -2.38. The molecule has 0 radical (unpaired) electrons. The molecule has 7 nitrogen and oxygen atoms in total. The zero-order chi connectivity index (χ0) is 16.7. The molecule has 1 fully saturated rings. The normalized spacial score (nSPS) is 30.1. The van der Waals surface area contributed by atoms with E-state index in [1.807, 2.05) is 24.3 Å². The lowest BCUT2D eigenvalue weighted by atomic mass is 9.89. The fourth-order valence-corrected chi connectivity index (χ4v) is 3.58. The second-order valence-corrected chi connectivity index (χ2v) is 6.07. The van der Waals surface area contributed by atoms with Crippen molar-refractivity contribution >= 4 is 17.7 Å². The molecule has 5 atom stereocenters. The van der Waals surface area contributed by atoms with Gasteiger partial charge in [0.25, 0.3) is 0 Å². The largest absolute Gasteiger partial charge is 0.481 e. The van der Waals surface area contributed by atoms with E-state index < -0.39 is 41.8 Å². The molecule has 1 heterocycles. The predicted molar refractivity (Wildman–Crippen MR) is 79.6 cm³/mol. The van der Waals surface area contributed by atoms with Crippen LogP contribution in [0.3, 0.4) is 0 Å². The van der Waals surface area contributed by atoms with Crippen LogP contribution in [0.15, 0.2) is 24.3 Å². The van der Waals surface area contributed by atoms with Crippen LogP contribution in [0.4, 0.5) is 0 Å². The molecule has 0 saturated heterocycles. The SMILES string of the molecule is NC(C(=O)O)C1C(C(=O)O)C1C(=O)C1NCCc2ccccc21. The Morgan fingerprint density at radius 3 is 2.52 bits per heavy atom. The number of Topliss-reactive ketones (excluding diaryl/α,β-unsaturated/α-hetero) is 1. The van der Waals surface area contributed by atoms with Crippen LogP contribution in [0.5, 0.6) is 0 Å². The zero-order valence-electron chi connectivity index (χ0n) is 12.3. The molecular weight excluding hydrogens is 300 g/mol. The molecule has 1 saturated carbocycles. The average molecular weight is 318 g/mol. The van der Waals surface area contributed by atoms with Gasteiger partial charge in [-0.2, -0.15) is 0 Å². The number of hydrogen-bond donors (Lipinski definition) is 4. The maximum atomic E-state index is 12.8. The van der Waals surface area contributed by atoms with Gasteiger partial charge in [-0.05, 0) is 17.5 Å². The average Bonchev–Trinajstić information content (AvgIpc) is 3.28. The number of carbonyl (C=O) groups excluding carboxylic acids is 1. The van der Waals surface area contributed by atoms with Crippen molar-refractivity contribution in [2.24, 2.45) is 23.5 Å². The number of carboxylic acids is 2. The molecule has 122 valence electrons. The number of ketones is 1. The first-order valence-corrected chi connectivity index (χ1v) is 7.49. The van der Waals surface area contributed by atoms with Gasteiger partial charge < -0.3 is 21.3 Å². The van der Waals surface area contributed by atoms with E-state index >= 15 is 0 Å². The first-order valence-electron chi connectivity index (χ1n) is 7.49. The number of fused-ring (bicyclic) bond motifs is 1. The number of nitrogens with one attached hydrogen (secondary N) is 1. The van der Waals surface area contributed by atoms with E-state index in [-0.39, 0.29) is 5.78 Å². The molecule has 5 N–H and O–H groups in total. The van der Waals surface area contributed by atoms with Crippen molar-refractivity contribution in [3.8, 4) is 0 Å². The molecule has 1 aromatic rings. The second kappa shape index (κ2) is 5.75. The van der Waals surface area contributed by atoms with E-state index in [1.54, 1.807) is 0 Å². The maximum absolute atomic E-state index is 12.8. The van der Waals surface area contributed by atoms with E-state index in [4.69, 9.17) is 10.8 Å². The summed E-state index contributed by atoms with van der Waals surface area (Å²) in [7, 11) is 0.